The van der Waals surface area contributed by atoms with E-state index in [4.69, 9.17) is 9.47 Å². The molecule has 0 saturated carbocycles. The van der Waals surface area contributed by atoms with Gasteiger partial charge in [0.05, 0.1) is 19.4 Å². The minimum absolute atomic E-state index is 0.0468. The summed E-state index contributed by atoms with van der Waals surface area (Å²) in [7, 11) is 1.61. The summed E-state index contributed by atoms with van der Waals surface area (Å²) in [4.78, 5) is 14.5. The number of hydrogen-bond acceptors (Lipinski definition) is 3. The molecule has 5 nitrogen and oxygen atoms in total. The van der Waals surface area contributed by atoms with Crippen LogP contribution in [0.4, 0.5) is 10.5 Å². The van der Waals surface area contributed by atoms with Crippen LogP contribution in [-0.2, 0) is 6.42 Å². The SMILES string of the molecule is CCOc1ccc(CCC2CCN(C(=O)Nc3ccccc3OC)CC2)cc1. The Bertz CT molecular complexity index is 753. The fourth-order valence-electron chi connectivity index (χ4n) is 3.66. The summed E-state index contributed by atoms with van der Waals surface area (Å²) in [5, 5.41) is 2.97. The van der Waals surface area contributed by atoms with Gasteiger partial charge in [0.15, 0.2) is 0 Å². The molecule has 0 aliphatic carbocycles. The molecule has 0 bridgehead atoms. The Balaban J connectivity index is 1.43. The predicted octanol–water partition coefficient (Wildman–Crippen LogP) is 4.97. The third-order valence-electron chi connectivity index (χ3n) is 5.33. The van der Waals surface area contributed by atoms with Crippen LogP contribution < -0.4 is 14.8 Å². The summed E-state index contributed by atoms with van der Waals surface area (Å²) < 4.78 is 10.8. The van der Waals surface area contributed by atoms with Crippen molar-refractivity contribution in [1.82, 2.24) is 4.90 Å². The number of para-hydroxylation sites is 2. The summed E-state index contributed by atoms with van der Waals surface area (Å²) in [6.45, 7) is 4.29. The van der Waals surface area contributed by atoms with Crippen molar-refractivity contribution >= 4 is 11.7 Å². The highest BCUT2D eigenvalue weighted by Gasteiger charge is 2.23. The lowest BCUT2D eigenvalue weighted by atomic mass is 9.90. The highest BCUT2D eigenvalue weighted by molar-refractivity contribution is 5.91. The zero-order valence-electron chi connectivity index (χ0n) is 16.8. The number of amides is 2. The van der Waals surface area contributed by atoms with Crippen molar-refractivity contribution in [3.05, 3.63) is 54.1 Å². The van der Waals surface area contributed by atoms with Gasteiger partial charge in [0.1, 0.15) is 11.5 Å². The number of anilines is 1. The number of urea groups is 1. The van der Waals surface area contributed by atoms with E-state index in [1.54, 1.807) is 7.11 Å². The lowest BCUT2D eigenvalue weighted by molar-refractivity contribution is 0.180. The number of nitrogens with zero attached hydrogens (tertiary/aromatic N) is 1. The van der Waals surface area contributed by atoms with Gasteiger partial charge in [-0.3, -0.25) is 0 Å². The number of nitrogens with one attached hydrogen (secondary N) is 1. The average molecular weight is 383 g/mol. The largest absolute Gasteiger partial charge is 0.495 e. The van der Waals surface area contributed by atoms with Crippen molar-refractivity contribution in [2.24, 2.45) is 5.92 Å². The zero-order valence-corrected chi connectivity index (χ0v) is 16.8. The molecule has 1 saturated heterocycles. The second-order valence-corrected chi connectivity index (χ2v) is 7.18. The number of carbonyl (C=O) groups excluding carboxylic acids is 1. The molecule has 3 rings (SSSR count). The Morgan fingerprint density at radius 3 is 2.50 bits per heavy atom. The summed E-state index contributed by atoms with van der Waals surface area (Å²) in [5.41, 5.74) is 2.06. The van der Waals surface area contributed by atoms with E-state index in [0.717, 1.165) is 44.5 Å². The van der Waals surface area contributed by atoms with E-state index in [2.05, 4.69) is 17.4 Å². The molecule has 0 atom stereocenters. The quantitative estimate of drug-likeness (QED) is 0.735. The van der Waals surface area contributed by atoms with Crippen LogP contribution >= 0.6 is 0 Å². The van der Waals surface area contributed by atoms with Crippen molar-refractivity contribution in [3.63, 3.8) is 0 Å². The molecule has 2 aromatic rings. The molecule has 1 fully saturated rings. The first-order chi connectivity index (χ1) is 13.7. The van der Waals surface area contributed by atoms with E-state index in [1.165, 1.54) is 5.56 Å². The smallest absolute Gasteiger partial charge is 0.321 e. The third kappa shape index (κ3) is 5.41. The van der Waals surface area contributed by atoms with Gasteiger partial charge < -0.3 is 19.7 Å². The summed E-state index contributed by atoms with van der Waals surface area (Å²) in [6, 6.07) is 15.8. The molecule has 0 aromatic heterocycles. The van der Waals surface area contributed by atoms with Gasteiger partial charge in [0, 0.05) is 13.1 Å². The Morgan fingerprint density at radius 2 is 1.82 bits per heavy atom. The van der Waals surface area contributed by atoms with Gasteiger partial charge in [-0.2, -0.15) is 0 Å². The van der Waals surface area contributed by atoms with Crippen LogP contribution in [0.5, 0.6) is 11.5 Å². The lowest BCUT2D eigenvalue weighted by Crippen LogP contribution is -2.41. The molecule has 1 aliphatic rings. The molecule has 5 heteroatoms. The maximum Gasteiger partial charge on any atom is 0.321 e. The highest BCUT2D eigenvalue weighted by Crippen LogP contribution is 2.26. The number of piperidine rings is 1. The molecule has 150 valence electrons. The van der Waals surface area contributed by atoms with Crippen molar-refractivity contribution in [3.8, 4) is 11.5 Å². The molecule has 2 amide bonds. The van der Waals surface area contributed by atoms with E-state index >= 15 is 0 Å². The van der Waals surface area contributed by atoms with Gasteiger partial charge in [0.25, 0.3) is 0 Å². The van der Waals surface area contributed by atoms with Gasteiger partial charge in [-0.15, -0.1) is 0 Å². The fourth-order valence-corrected chi connectivity index (χ4v) is 3.66. The number of likely N-dealkylation sites (tertiary alicyclic amines) is 1. The second kappa shape index (κ2) is 10.0. The van der Waals surface area contributed by atoms with Gasteiger partial charge in [-0.1, -0.05) is 24.3 Å². The van der Waals surface area contributed by atoms with E-state index < -0.39 is 0 Å². The number of ether oxygens (including phenoxy) is 2. The minimum atomic E-state index is -0.0468. The Kier molecular flexibility index (Phi) is 7.18. The number of benzene rings is 2. The maximum absolute atomic E-state index is 12.6. The van der Waals surface area contributed by atoms with E-state index in [1.807, 2.05) is 48.2 Å². The van der Waals surface area contributed by atoms with Crippen LogP contribution in [0.1, 0.15) is 31.7 Å². The summed E-state index contributed by atoms with van der Waals surface area (Å²) in [5.74, 6) is 2.28. The summed E-state index contributed by atoms with van der Waals surface area (Å²) >= 11 is 0. The van der Waals surface area contributed by atoms with Crippen LogP contribution in [-0.4, -0.2) is 37.7 Å². The number of aryl methyl sites for hydroxylation is 1. The van der Waals surface area contributed by atoms with Crippen LogP contribution in [0, 0.1) is 5.92 Å². The third-order valence-corrected chi connectivity index (χ3v) is 5.33. The maximum atomic E-state index is 12.6. The molecule has 1 aliphatic heterocycles. The number of hydrogen-bond donors (Lipinski definition) is 1. The van der Waals surface area contributed by atoms with Gasteiger partial charge >= 0.3 is 6.03 Å². The minimum Gasteiger partial charge on any atom is -0.495 e. The first kappa shape index (κ1) is 20.1. The Hall–Kier alpha value is -2.69. The Labute approximate surface area is 167 Å². The average Bonchev–Trinajstić information content (AvgIpc) is 2.74. The van der Waals surface area contributed by atoms with Crippen molar-refractivity contribution in [2.75, 3.05) is 32.1 Å². The Morgan fingerprint density at radius 1 is 1.11 bits per heavy atom. The van der Waals surface area contributed by atoms with Gasteiger partial charge in [-0.25, -0.2) is 4.79 Å². The number of carbonyl (C=O) groups is 1. The molecule has 28 heavy (non-hydrogen) atoms. The van der Waals surface area contributed by atoms with Crippen molar-refractivity contribution < 1.29 is 14.3 Å². The normalized spacial score (nSPS) is 14.6. The van der Waals surface area contributed by atoms with Crippen molar-refractivity contribution in [2.45, 2.75) is 32.6 Å². The van der Waals surface area contributed by atoms with Gasteiger partial charge in [-0.05, 0) is 68.4 Å². The predicted molar refractivity (Wildman–Crippen MR) is 112 cm³/mol. The van der Waals surface area contributed by atoms with Crippen LogP contribution in [0.25, 0.3) is 0 Å². The zero-order chi connectivity index (χ0) is 19.8. The number of methoxy groups -OCH3 is 1. The molecular formula is C23H30N2O3. The van der Waals surface area contributed by atoms with Crippen LogP contribution in [0.15, 0.2) is 48.5 Å². The molecular weight excluding hydrogens is 352 g/mol. The van der Waals surface area contributed by atoms with E-state index in [9.17, 15) is 4.79 Å². The summed E-state index contributed by atoms with van der Waals surface area (Å²) in [6.07, 6.45) is 4.34. The van der Waals surface area contributed by atoms with Crippen molar-refractivity contribution in [1.29, 1.82) is 0 Å². The number of rotatable bonds is 7. The lowest BCUT2D eigenvalue weighted by Gasteiger charge is -2.32. The first-order valence-electron chi connectivity index (χ1n) is 10.1. The highest BCUT2D eigenvalue weighted by atomic mass is 16.5. The molecule has 1 heterocycles. The molecule has 0 radical (unpaired) electrons. The molecule has 2 aromatic carbocycles. The van der Waals surface area contributed by atoms with Crippen LogP contribution in [0.2, 0.25) is 0 Å². The molecule has 0 spiro atoms. The topological polar surface area (TPSA) is 50.8 Å². The first-order valence-corrected chi connectivity index (χ1v) is 10.1. The van der Waals surface area contributed by atoms with Gasteiger partial charge in [0.2, 0.25) is 0 Å². The second-order valence-electron chi connectivity index (χ2n) is 7.18. The molecule has 0 unspecified atom stereocenters. The van der Waals surface area contributed by atoms with E-state index in [0.29, 0.717) is 24.0 Å². The van der Waals surface area contributed by atoms with E-state index in [-0.39, 0.29) is 6.03 Å². The standard InChI is InChI=1S/C23H30N2O3/c1-3-28-20-12-10-18(11-13-20)8-9-19-14-16-25(17-15-19)23(26)24-21-6-4-5-7-22(21)27-2/h4-7,10-13,19H,3,8-9,14-17H2,1-2H3,(H,24,26). The fraction of sp³-hybridized carbons (Fsp3) is 0.435. The van der Waals surface area contributed by atoms with Crippen LogP contribution in [0.3, 0.4) is 0 Å². The monoisotopic (exact) mass is 382 g/mol. The molecule has 1 N–H and O–H groups in total.